The van der Waals surface area contributed by atoms with Crippen molar-refractivity contribution < 1.29 is 14.2 Å². The van der Waals surface area contributed by atoms with Crippen molar-refractivity contribution in [1.29, 1.82) is 0 Å². The van der Waals surface area contributed by atoms with E-state index in [0.717, 1.165) is 39.1 Å². The van der Waals surface area contributed by atoms with Gasteiger partial charge in [-0.2, -0.15) is 0 Å². The molecule has 0 saturated carbocycles. The molecule has 1 fully saturated rings. The van der Waals surface area contributed by atoms with Crippen LogP contribution < -0.4 is 5.32 Å². The first-order valence-electron chi connectivity index (χ1n) is 6.45. The van der Waals surface area contributed by atoms with Gasteiger partial charge in [-0.3, -0.25) is 0 Å². The second-order valence-electron chi connectivity index (χ2n) is 5.32. The fraction of sp³-hybridized carbons (Fsp3) is 1.00. The SMILES string of the molecule is COCCNCC1CCOC1CC(C)(C)OC. The highest BCUT2D eigenvalue weighted by molar-refractivity contribution is 4.84. The van der Waals surface area contributed by atoms with Gasteiger partial charge in [-0.05, 0) is 26.2 Å². The molecule has 0 aromatic carbocycles. The third-order valence-electron chi connectivity index (χ3n) is 3.48. The Hall–Kier alpha value is -0.160. The molecule has 1 aliphatic heterocycles. The van der Waals surface area contributed by atoms with Crippen LogP contribution in [0.4, 0.5) is 0 Å². The molecule has 0 aromatic heterocycles. The molecule has 4 heteroatoms. The van der Waals surface area contributed by atoms with Gasteiger partial charge in [0.25, 0.3) is 0 Å². The maximum Gasteiger partial charge on any atom is 0.0647 e. The van der Waals surface area contributed by atoms with Crippen LogP contribution in [-0.2, 0) is 14.2 Å². The van der Waals surface area contributed by atoms with Gasteiger partial charge in [-0.15, -0.1) is 0 Å². The summed E-state index contributed by atoms with van der Waals surface area (Å²) in [6, 6.07) is 0. The lowest BCUT2D eigenvalue weighted by molar-refractivity contribution is -0.0348. The van der Waals surface area contributed by atoms with E-state index >= 15 is 0 Å². The molecule has 0 radical (unpaired) electrons. The Labute approximate surface area is 105 Å². The minimum absolute atomic E-state index is 0.0974. The van der Waals surface area contributed by atoms with Crippen LogP contribution in [0.15, 0.2) is 0 Å². The summed E-state index contributed by atoms with van der Waals surface area (Å²) >= 11 is 0. The van der Waals surface area contributed by atoms with Crippen LogP contribution in [0.25, 0.3) is 0 Å². The summed E-state index contributed by atoms with van der Waals surface area (Å²) in [5.74, 6) is 0.598. The van der Waals surface area contributed by atoms with Crippen molar-refractivity contribution in [1.82, 2.24) is 5.32 Å². The van der Waals surface area contributed by atoms with E-state index in [0.29, 0.717) is 12.0 Å². The van der Waals surface area contributed by atoms with Gasteiger partial charge in [0.1, 0.15) is 0 Å². The third-order valence-corrected chi connectivity index (χ3v) is 3.48. The molecule has 4 nitrogen and oxygen atoms in total. The molecule has 102 valence electrons. The highest BCUT2D eigenvalue weighted by Gasteiger charge is 2.33. The first-order chi connectivity index (χ1) is 8.09. The zero-order chi connectivity index (χ0) is 12.7. The molecule has 1 aliphatic rings. The van der Waals surface area contributed by atoms with Crippen LogP contribution >= 0.6 is 0 Å². The van der Waals surface area contributed by atoms with E-state index in [-0.39, 0.29) is 5.60 Å². The molecule has 0 aliphatic carbocycles. The first-order valence-corrected chi connectivity index (χ1v) is 6.45. The van der Waals surface area contributed by atoms with Gasteiger partial charge in [-0.25, -0.2) is 0 Å². The standard InChI is InChI=1S/C13H27NO3/c1-13(2,16-4)9-12-11(5-7-17-12)10-14-6-8-15-3/h11-12,14H,5-10H2,1-4H3. The lowest BCUT2D eigenvalue weighted by atomic mass is 9.91. The molecule has 0 aromatic rings. The van der Waals surface area contributed by atoms with Crippen LogP contribution in [0.3, 0.4) is 0 Å². The predicted octanol–water partition coefficient (Wildman–Crippen LogP) is 1.44. The van der Waals surface area contributed by atoms with E-state index in [1.54, 1.807) is 14.2 Å². The Morgan fingerprint density at radius 2 is 2.12 bits per heavy atom. The van der Waals surface area contributed by atoms with E-state index in [4.69, 9.17) is 14.2 Å². The van der Waals surface area contributed by atoms with Gasteiger partial charge in [0.15, 0.2) is 0 Å². The van der Waals surface area contributed by atoms with E-state index < -0.39 is 0 Å². The highest BCUT2D eigenvalue weighted by atomic mass is 16.5. The molecule has 17 heavy (non-hydrogen) atoms. The van der Waals surface area contributed by atoms with Crippen molar-refractivity contribution in [3.8, 4) is 0 Å². The fourth-order valence-corrected chi connectivity index (χ4v) is 2.18. The highest BCUT2D eigenvalue weighted by Crippen LogP contribution is 2.28. The molecule has 2 atom stereocenters. The number of hydrogen-bond donors (Lipinski definition) is 1. The lowest BCUT2D eigenvalue weighted by Crippen LogP contribution is -2.36. The van der Waals surface area contributed by atoms with E-state index in [1.165, 1.54) is 0 Å². The topological polar surface area (TPSA) is 39.7 Å². The molecule has 1 rings (SSSR count). The van der Waals surface area contributed by atoms with Crippen molar-refractivity contribution in [2.24, 2.45) is 5.92 Å². The minimum atomic E-state index is -0.0974. The number of ether oxygens (including phenoxy) is 3. The second kappa shape index (κ2) is 7.31. The van der Waals surface area contributed by atoms with Gasteiger partial charge in [0.2, 0.25) is 0 Å². The molecular formula is C13H27NO3. The fourth-order valence-electron chi connectivity index (χ4n) is 2.18. The number of nitrogens with one attached hydrogen (secondary N) is 1. The van der Waals surface area contributed by atoms with Crippen LogP contribution in [0.5, 0.6) is 0 Å². The van der Waals surface area contributed by atoms with E-state index in [2.05, 4.69) is 19.2 Å². The van der Waals surface area contributed by atoms with Crippen LogP contribution in [0.2, 0.25) is 0 Å². The van der Waals surface area contributed by atoms with Gasteiger partial charge in [0, 0.05) is 40.3 Å². The summed E-state index contributed by atoms with van der Waals surface area (Å²) in [4.78, 5) is 0. The zero-order valence-corrected chi connectivity index (χ0v) is 11.6. The zero-order valence-electron chi connectivity index (χ0n) is 11.6. The third kappa shape index (κ3) is 5.34. The molecule has 2 unspecified atom stereocenters. The van der Waals surface area contributed by atoms with Crippen LogP contribution in [-0.4, -0.2) is 52.2 Å². The van der Waals surface area contributed by atoms with Crippen molar-refractivity contribution in [2.45, 2.75) is 38.4 Å². The van der Waals surface area contributed by atoms with E-state index in [1.807, 2.05) is 0 Å². The number of rotatable bonds is 8. The smallest absolute Gasteiger partial charge is 0.0647 e. The summed E-state index contributed by atoms with van der Waals surface area (Å²) < 4.78 is 16.3. The molecule has 0 amide bonds. The van der Waals surface area contributed by atoms with Crippen molar-refractivity contribution in [2.75, 3.05) is 40.5 Å². The Morgan fingerprint density at radius 3 is 2.76 bits per heavy atom. The average molecular weight is 245 g/mol. The van der Waals surface area contributed by atoms with E-state index in [9.17, 15) is 0 Å². The monoisotopic (exact) mass is 245 g/mol. The predicted molar refractivity (Wildman–Crippen MR) is 68.3 cm³/mol. The number of methoxy groups -OCH3 is 2. The summed E-state index contributed by atoms with van der Waals surface area (Å²) in [7, 11) is 3.49. The number of hydrogen-bond acceptors (Lipinski definition) is 4. The van der Waals surface area contributed by atoms with Gasteiger partial charge >= 0.3 is 0 Å². The Kier molecular flexibility index (Phi) is 6.41. The van der Waals surface area contributed by atoms with Crippen molar-refractivity contribution in [3.05, 3.63) is 0 Å². The summed E-state index contributed by atoms with van der Waals surface area (Å²) in [5, 5.41) is 3.42. The van der Waals surface area contributed by atoms with Crippen LogP contribution in [0, 0.1) is 5.92 Å². The largest absolute Gasteiger partial charge is 0.383 e. The second-order valence-corrected chi connectivity index (χ2v) is 5.32. The maximum absolute atomic E-state index is 5.81. The quantitative estimate of drug-likeness (QED) is 0.657. The van der Waals surface area contributed by atoms with Crippen LogP contribution in [0.1, 0.15) is 26.7 Å². The van der Waals surface area contributed by atoms with Gasteiger partial charge in [0.05, 0.1) is 18.3 Å². The molecule has 0 bridgehead atoms. The van der Waals surface area contributed by atoms with Crippen molar-refractivity contribution in [3.63, 3.8) is 0 Å². The maximum atomic E-state index is 5.81. The first kappa shape index (κ1) is 14.9. The summed E-state index contributed by atoms with van der Waals surface area (Å²) in [5.41, 5.74) is -0.0974. The lowest BCUT2D eigenvalue weighted by Gasteiger charge is -2.29. The minimum Gasteiger partial charge on any atom is -0.383 e. The van der Waals surface area contributed by atoms with Gasteiger partial charge in [-0.1, -0.05) is 0 Å². The summed E-state index contributed by atoms with van der Waals surface area (Å²) in [6.45, 7) is 7.79. The molecule has 1 heterocycles. The molecule has 1 N–H and O–H groups in total. The average Bonchev–Trinajstić information content (AvgIpc) is 2.71. The Morgan fingerprint density at radius 1 is 1.35 bits per heavy atom. The Balaban J connectivity index is 2.28. The summed E-state index contributed by atoms with van der Waals surface area (Å²) in [6.07, 6.45) is 2.42. The molecule has 1 saturated heterocycles. The van der Waals surface area contributed by atoms with Crippen molar-refractivity contribution >= 4 is 0 Å². The van der Waals surface area contributed by atoms with Gasteiger partial charge < -0.3 is 19.5 Å². The normalized spacial score (nSPS) is 25.4. The Bertz CT molecular complexity index is 209. The molecular weight excluding hydrogens is 218 g/mol. The molecule has 0 spiro atoms.